The molecule has 1 atom stereocenters. The molecule has 0 radical (unpaired) electrons. The Bertz CT molecular complexity index is 386. The Morgan fingerprint density at radius 3 is 2.38 bits per heavy atom. The summed E-state index contributed by atoms with van der Waals surface area (Å²) < 4.78 is 0.887. The van der Waals surface area contributed by atoms with Gasteiger partial charge in [-0.15, -0.1) is 0 Å². The van der Waals surface area contributed by atoms with Crippen molar-refractivity contribution < 1.29 is 14.7 Å². The van der Waals surface area contributed by atoms with E-state index in [1.54, 1.807) is 31.2 Å². The fraction of sp³-hybridized carbons (Fsp3) is 0.333. The summed E-state index contributed by atoms with van der Waals surface area (Å²) in [5.41, 5.74) is -0.430. The molecule has 86 valence electrons. The summed E-state index contributed by atoms with van der Waals surface area (Å²) in [6.07, 6.45) is 1.06. The smallest absolute Gasteiger partial charge is 0.314 e. The summed E-state index contributed by atoms with van der Waals surface area (Å²) in [6, 6.07) is 7.05. The van der Waals surface area contributed by atoms with Gasteiger partial charge in [0.15, 0.2) is 0 Å². The van der Waals surface area contributed by atoms with Crippen LogP contribution in [0.4, 0.5) is 0 Å². The molecule has 1 aromatic carbocycles. The second-order valence-electron chi connectivity index (χ2n) is 3.62. The molecule has 1 N–H and O–H groups in total. The maximum atomic E-state index is 11.4. The molecule has 0 aliphatic carbocycles. The summed E-state index contributed by atoms with van der Waals surface area (Å²) in [5.74, 6) is -0.954. The average Bonchev–Trinajstić information content (AvgIpc) is 2.27. The van der Waals surface area contributed by atoms with Gasteiger partial charge in [0, 0.05) is 10.9 Å². The Morgan fingerprint density at radius 2 is 2.00 bits per heavy atom. The number of hydrogen-bond donors (Lipinski definition) is 1. The number of aliphatic carboxylic acids is 1. The zero-order valence-corrected chi connectivity index (χ0v) is 10.5. The average molecular weight is 285 g/mol. The second-order valence-corrected chi connectivity index (χ2v) is 4.53. The van der Waals surface area contributed by atoms with E-state index in [-0.39, 0.29) is 6.42 Å². The van der Waals surface area contributed by atoms with Gasteiger partial charge in [-0.1, -0.05) is 35.0 Å². The van der Waals surface area contributed by atoms with Crippen LogP contribution >= 0.6 is 15.9 Å². The van der Waals surface area contributed by atoms with Crippen molar-refractivity contribution >= 4 is 28.2 Å². The van der Waals surface area contributed by atoms with Gasteiger partial charge in [0.05, 0.1) is 5.41 Å². The van der Waals surface area contributed by atoms with Crippen LogP contribution in [0.25, 0.3) is 0 Å². The number of carboxylic acids is 1. The molecule has 0 fully saturated rings. The highest BCUT2D eigenvalue weighted by atomic mass is 79.9. The van der Waals surface area contributed by atoms with Crippen molar-refractivity contribution in [2.45, 2.75) is 25.2 Å². The monoisotopic (exact) mass is 284 g/mol. The van der Waals surface area contributed by atoms with Crippen molar-refractivity contribution in [1.82, 2.24) is 0 Å². The summed E-state index contributed by atoms with van der Waals surface area (Å²) in [6.45, 7) is 1.78. The number of aldehydes is 1. The number of carboxylic acid groups (broad SMARTS) is 1. The normalized spacial score (nSPS) is 14.1. The lowest BCUT2D eigenvalue weighted by molar-refractivity contribution is -0.145. The van der Waals surface area contributed by atoms with E-state index < -0.39 is 11.4 Å². The first-order valence-electron chi connectivity index (χ1n) is 5.00. The van der Waals surface area contributed by atoms with Crippen LogP contribution in [0.2, 0.25) is 0 Å². The van der Waals surface area contributed by atoms with Crippen molar-refractivity contribution in [2.24, 2.45) is 0 Å². The van der Waals surface area contributed by atoms with E-state index in [1.165, 1.54) is 0 Å². The van der Waals surface area contributed by atoms with E-state index in [1.807, 2.05) is 0 Å². The molecule has 16 heavy (non-hydrogen) atoms. The standard InChI is InChI=1S/C12H13BrO3/c1-2-12(7-8-14,11(15)16)9-3-5-10(13)6-4-9/h3-6,8H,2,7H2,1H3,(H,15,16). The van der Waals surface area contributed by atoms with Crippen molar-refractivity contribution in [3.05, 3.63) is 34.3 Å². The molecule has 0 spiro atoms. The zero-order chi connectivity index (χ0) is 12.2. The molecule has 1 unspecified atom stereocenters. The molecule has 0 aliphatic heterocycles. The largest absolute Gasteiger partial charge is 0.481 e. The van der Waals surface area contributed by atoms with Crippen LogP contribution in [0, 0.1) is 0 Å². The van der Waals surface area contributed by atoms with E-state index in [2.05, 4.69) is 15.9 Å². The highest BCUT2D eigenvalue weighted by molar-refractivity contribution is 9.10. The summed E-state index contributed by atoms with van der Waals surface area (Å²) in [4.78, 5) is 22.0. The van der Waals surface area contributed by atoms with E-state index in [4.69, 9.17) is 0 Å². The third-order valence-corrected chi connectivity index (χ3v) is 3.37. The van der Waals surface area contributed by atoms with E-state index in [0.717, 1.165) is 4.47 Å². The quantitative estimate of drug-likeness (QED) is 0.846. The van der Waals surface area contributed by atoms with Crippen LogP contribution in [-0.4, -0.2) is 17.4 Å². The summed E-state index contributed by atoms with van der Waals surface area (Å²) >= 11 is 3.29. The number of benzene rings is 1. The van der Waals surface area contributed by atoms with E-state index >= 15 is 0 Å². The maximum absolute atomic E-state index is 11.4. The third-order valence-electron chi connectivity index (χ3n) is 2.84. The van der Waals surface area contributed by atoms with Crippen LogP contribution in [-0.2, 0) is 15.0 Å². The van der Waals surface area contributed by atoms with Gasteiger partial charge in [-0.05, 0) is 24.1 Å². The maximum Gasteiger partial charge on any atom is 0.314 e. The molecule has 0 aliphatic rings. The lowest BCUT2D eigenvalue weighted by Gasteiger charge is -2.26. The number of carbonyl (C=O) groups excluding carboxylic acids is 1. The van der Waals surface area contributed by atoms with Crippen molar-refractivity contribution in [2.75, 3.05) is 0 Å². The van der Waals surface area contributed by atoms with Gasteiger partial charge in [0.1, 0.15) is 6.29 Å². The minimum Gasteiger partial charge on any atom is -0.481 e. The zero-order valence-electron chi connectivity index (χ0n) is 8.94. The van der Waals surface area contributed by atoms with Gasteiger partial charge in [-0.25, -0.2) is 0 Å². The van der Waals surface area contributed by atoms with Crippen LogP contribution in [0.5, 0.6) is 0 Å². The molecular weight excluding hydrogens is 272 g/mol. The first-order chi connectivity index (χ1) is 7.56. The number of rotatable bonds is 5. The highest BCUT2D eigenvalue weighted by Crippen LogP contribution is 2.32. The van der Waals surface area contributed by atoms with Crippen LogP contribution in [0.15, 0.2) is 28.7 Å². The minimum atomic E-state index is -1.09. The van der Waals surface area contributed by atoms with Gasteiger partial charge >= 0.3 is 5.97 Å². The molecule has 4 heteroatoms. The predicted molar refractivity (Wildman–Crippen MR) is 64.4 cm³/mol. The van der Waals surface area contributed by atoms with Crippen LogP contribution in [0.1, 0.15) is 25.3 Å². The lowest BCUT2D eigenvalue weighted by Crippen LogP contribution is -2.35. The number of carbonyl (C=O) groups is 2. The number of halogens is 1. The molecule has 3 nitrogen and oxygen atoms in total. The van der Waals surface area contributed by atoms with Crippen molar-refractivity contribution in [3.63, 3.8) is 0 Å². The Hall–Kier alpha value is -1.16. The molecule has 0 aromatic heterocycles. The van der Waals surface area contributed by atoms with E-state index in [9.17, 15) is 14.7 Å². The molecule has 0 heterocycles. The Kier molecular flexibility index (Phi) is 4.24. The molecule has 0 saturated heterocycles. The van der Waals surface area contributed by atoms with Gasteiger partial charge in [-0.3, -0.25) is 4.79 Å². The topological polar surface area (TPSA) is 54.4 Å². The molecule has 0 bridgehead atoms. The van der Waals surface area contributed by atoms with Gasteiger partial charge < -0.3 is 9.90 Å². The fourth-order valence-corrected chi connectivity index (χ4v) is 2.00. The van der Waals surface area contributed by atoms with Gasteiger partial charge in [0.2, 0.25) is 0 Å². The fourth-order valence-electron chi connectivity index (χ4n) is 1.74. The highest BCUT2D eigenvalue weighted by Gasteiger charge is 2.38. The molecule has 1 aromatic rings. The number of hydrogen-bond acceptors (Lipinski definition) is 2. The lowest BCUT2D eigenvalue weighted by atomic mass is 9.76. The van der Waals surface area contributed by atoms with E-state index in [0.29, 0.717) is 18.3 Å². The minimum absolute atomic E-state index is 0.000462. The van der Waals surface area contributed by atoms with Crippen molar-refractivity contribution in [1.29, 1.82) is 0 Å². The third kappa shape index (κ3) is 2.32. The summed E-state index contributed by atoms with van der Waals surface area (Å²) in [5, 5.41) is 9.31. The predicted octanol–water partition coefficient (Wildman–Crippen LogP) is 2.77. The second kappa shape index (κ2) is 5.25. The molecule has 0 amide bonds. The Morgan fingerprint density at radius 1 is 1.44 bits per heavy atom. The molecular formula is C12H13BrO3. The SMILES string of the molecule is CCC(CC=O)(C(=O)O)c1ccc(Br)cc1. The first-order valence-corrected chi connectivity index (χ1v) is 5.79. The van der Waals surface area contributed by atoms with Crippen LogP contribution in [0.3, 0.4) is 0 Å². The molecule has 0 saturated carbocycles. The first kappa shape index (κ1) is 12.9. The summed E-state index contributed by atoms with van der Waals surface area (Å²) in [7, 11) is 0. The Labute approximate surface area is 103 Å². The van der Waals surface area contributed by atoms with Crippen molar-refractivity contribution in [3.8, 4) is 0 Å². The van der Waals surface area contributed by atoms with Gasteiger partial charge in [-0.2, -0.15) is 0 Å². The Balaban J connectivity index is 3.23. The molecule has 1 rings (SSSR count). The van der Waals surface area contributed by atoms with Gasteiger partial charge in [0.25, 0.3) is 0 Å². The van der Waals surface area contributed by atoms with Crippen LogP contribution < -0.4 is 0 Å².